The first kappa shape index (κ1) is 22.1. The van der Waals surface area contributed by atoms with E-state index in [9.17, 15) is 8.42 Å². The Morgan fingerprint density at radius 1 is 1.26 bits per heavy atom. The van der Waals surface area contributed by atoms with Gasteiger partial charge in [-0.15, -0.1) is 11.3 Å². The topological polar surface area (TPSA) is 83.0 Å². The molecule has 1 aromatic heterocycles. The molecule has 0 aliphatic carbocycles. The minimum absolute atomic E-state index is 0.194. The van der Waals surface area contributed by atoms with E-state index in [-0.39, 0.29) is 5.75 Å². The third-order valence-corrected chi connectivity index (χ3v) is 7.39. The number of anilines is 1. The predicted octanol–water partition coefficient (Wildman–Crippen LogP) is 4.35. The van der Waals surface area contributed by atoms with Crippen LogP contribution in [-0.4, -0.2) is 27.7 Å². The lowest BCUT2D eigenvalue weighted by Gasteiger charge is -2.28. The zero-order chi connectivity index (χ0) is 22.0. The Balaban J connectivity index is 1.67. The van der Waals surface area contributed by atoms with Crippen LogP contribution in [0, 0.1) is 0 Å². The summed E-state index contributed by atoms with van der Waals surface area (Å²) in [5.74, 6) is 0.976. The van der Waals surface area contributed by atoms with Crippen LogP contribution in [0.25, 0.3) is 0 Å². The SMILES string of the molecule is COc1ccc(Br)cc1N1C(c2cccs2)=NNC1NS(=O)(=O)Cc1ccc(Cl)cc1. The molecule has 31 heavy (non-hydrogen) atoms. The number of ether oxygens (including phenoxy) is 1. The molecule has 0 amide bonds. The van der Waals surface area contributed by atoms with Crippen LogP contribution < -0.4 is 19.8 Å². The fourth-order valence-corrected chi connectivity index (χ4v) is 5.53. The van der Waals surface area contributed by atoms with E-state index in [1.165, 1.54) is 11.3 Å². The maximum atomic E-state index is 12.9. The number of thiophene rings is 1. The molecule has 0 bridgehead atoms. The van der Waals surface area contributed by atoms with Crippen molar-refractivity contribution < 1.29 is 13.2 Å². The van der Waals surface area contributed by atoms with Crippen LogP contribution in [0.3, 0.4) is 0 Å². The second kappa shape index (κ2) is 9.17. The van der Waals surface area contributed by atoms with Gasteiger partial charge in [-0.3, -0.25) is 10.3 Å². The highest BCUT2D eigenvalue weighted by Gasteiger charge is 2.35. The van der Waals surface area contributed by atoms with E-state index in [4.69, 9.17) is 16.3 Å². The Morgan fingerprint density at radius 2 is 2.03 bits per heavy atom. The van der Waals surface area contributed by atoms with Crippen molar-refractivity contribution in [2.24, 2.45) is 5.10 Å². The van der Waals surface area contributed by atoms with Gasteiger partial charge in [0.2, 0.25) is 10.0 Å². The molecule has 3 aromatic rings. The summed E-state index contributed by atoms with van der Waals surface area (Å²) < 4.78 is 34.9. The first-order chi connectivity index (χ1) is 14.9. The number of nitrogens with zero attached hydrogens (tertiary/aromatic N) is 2. The molecule has 2 aromatic carbocycles. The zero-order valence-electron chi connectivity index (χ0n) is 16.2. The molecule has 0 saturated heterocycles. The molecule has 2 heterocycles. The Bertz CT molecular complexity index is 1200. The van der Waals surface area contributed by atoms with Crippen molar-refractivity contribution >= 4 is 60.4 Å². The molecule has 0 saturated carbocycles. The van der Waals surface area contributed by atoms with Crippen LogP contribution in [0.4, 0.5) is 5.69 Å². The number of hydrogen-bond acceptors (Lipinski definition) is 7. The molecule has 2 N–H and O–H groups in total. The largest absolute Gasteiger partial charge is 0.495 e. The van der Waals surface area contributed by atoms with Crippen molar-refractivity contribution in [1.29, 1.82) is 0 Å². The van der Waals surface area contributed by atoms with E-state index in [0.717, 1.165) is 9.35 Å². The number of methoxy groups -OCH3 is 1. The highest BCUT2D eigenvalue weighted by Crippen LogP contribution is 2.35. The number of halogens is 2. The molecule has 1 unspecified atom stereocenters. The minimum Gasteiger partial charge on any atom is -0.495 e. The van der Waals surface area contributed by atoms with Crippen LogP contribution in [-0.2, 0) is 15.8 Å². The second-order valence-corrected chi connectivity index (χ2v) is 10.7. The standard InChI is InChI=1S/C20H18BrClN4O3S2/c1-29-17-9-6-14(21)11-16(17)26-19(18-3-2-10-30-18)23-24-20(26)25-31(27,28)12-13-4-7-15(22)8-5-13/h2-11,20,24-25H,12H2,1H3. The average Bonchev–Trinajstić information content (AvgIpc) is 3.39. The fourth-order valence-electron chi connectivity index (χ4n) is 3.13. The van der Waals surface area contributed by atoms with Crippen molar-refractivity contribution in [1.82, 2.24) is 10.1 Å². The summed E-state index contributed by atoms with van der Waals surface area (Å²) >= 11 is 10.9. The number of hydrogen-bond donors (Lipinski definition) is 2. The molecule has 162 valence electrons. The molecular formula is C20H18BrClN4O3S2. The maximum absolute atomic E-state index is 12.9. The molecule has 0 radical (unpaired) electrons. The van der Waals surface area contributed by atoms with Crippen molar-refractivity contribution in [2.45, 2.75) is 12.0 Å². The molecule has 1 aliphatic rings. The molecule has 4 rings (SSSR count). The summed E-state index contributed by atoms with van der Waals surface area (Å²) in [7, 11) is -2.15. The Morgan fingerprint density at radius 3 is 2.71 bits per heavy atom. The van der Waals surface area contributed by atoms with Crippen LogP contribution in [0.15, 0.2) is 69.6 Å². The summed E-state index contributed by atoms with van der Waals surface area (Å²) in [5.41, 5.74) is 4.19. The number of amidine groups is 1. The highest BCUT2D eigenvalue weighted by atomic mass is 79.9. The van der Waals surface area contributed by atoms with Gasteiger partial charge in [-0.05, 0) is 47.3 Å². The van der Waals surface area contributed by atoms with E-state index in [1.807, 2.05) is 35.7 Å². The van der Waals surface area contributed by atoms with Gasteiger partial charge >= 0.3 is 0 Å². The summed E-state index contributed by atoms with van der Waals surface area (Å²) in [6.45, 7) is 0. The molecule has 1 atom stereocenters. The third kappa shape index (κ3) is 5.04. The smallest absolute Gasteiger partial charge is 0.219 e. The van der Waals surface area contributed by atoms with Gasteiger partial charge in [0.15, 0.2) is 12.1 Å². The van der Waals surface area contributed by atoms with Gasteiger partial charge in [-0.1, -0.05) is 45.7 Å². The summed E-state index contributed by atoms with van der Waals surface area (Å²) in [6.07, 6.45) is -0.836. The predicted molar refractivity (Wildman–Crippen MR) is 128 cm³/mol. The van der Waals surface area contributed by atoms with Gasteiger partial charge in [0.25, 0.3) is 0 Å². The maximum Gasteiger partial charge on any atom is 0.219 e. The van der Waals surface area contributed by atoms with Gasteiger partial charge in [-0.2, -0.15) is 9.82 Å². The lowest BCUT2D eigenvalue weighted by molar-refractivity contribution is 0.413. The third-order valence-electron chi connectivity index (χ3n) is 4.48. The zero-order valence-corrected chi connectivity index (χ0v) is 20.2. The van der Waals surface area contributed by atoms with E-state index in [0.29, 0.717) is 27.9 Å². The number of nitrogens with one attached hydrogen (secondary N) is 2. The van der Waals surface area contributed by atoms with Gasteiger partial charge in [0.05, 0.1) is 23.4 Å². The monoisotopic (exact) mass is 540 g/mol. The number of benzene rings is 2. The Kier molecular flexibility index (Phi) is 6.54. The molecular weight excluding hydrogens is 524 g/mol. The number of rotatable bonds is 7. The number of sulfonamides is 1. The lowest BCUT2D eigenvalue weighted by Crippen LogP contribution is -2.53. The van der Waals surface area contributed by atoms with Gasteiger partial charge in [0, 0.05) is 9.50 Å². The van der Waals surface area contributed by atoms with E-state index in [1.54, 1.807) is 36.3 Å². The Hall–Kier alpha value is -2.11. The van der Waals surface area contributed by atoms with Crippen LogP contribution >= 0.6 is 38.9 Å². The van der Waals surface area contributed by atoms with Crippen LogP contribution in [0.5, 0.6) is 5.75 Å². The summed E-state index contributed by atoms with van der Waals surface area (Å²) in [4.78, 5) is 2.66. The quantitative estimate of drug-likeness (QED) is 0.465. The fraction of sp³-hybridized carbons (Fsp3) is 0.150. The van der Waals surface area contributed by atoms with Crippen LogP contribution in [0.1, 0.15) is 10.4 Å². The van der Waals surface area contributed by atoms with E-state index in [2.05, 4.69) is 31.2 Å². The van der Waals surface area contributed by atoms with Crippen LogP contribution in [0.2, 0.25) is 5.02 Å². The summed E-state index contributed by atoms with van der Waals surface area (Å²) in [6, 6.07) is 16.1. The first-order valence-corrected chi connectivity index (χ1v) is 12.8. The van der Waals surface area contributed by atoms with Gasteiger partial charge in [-0.25, -0.2) is 8.42 Å². The Labute approximate surface area is 197 Å². The van der Waals surface area contributed by atoms with Crippen molar-refractivity contribution in [3.63, 3.8) is 0 Å². The van der Waals surface area contributed by atoms with Crippen molar-refractivity contribution in [2.75, 3.05) is 12.0 Å². The van der Waals surface area contributed by atoms with Gasteiger partial charge in [0.1, 0.15) is 5.75 Å². The lowest BCUT2D eigenvalue weighted by atomic mass is 10.2. The normalized spacial score (nSPS) is 16.2. The minimum atomic E-state index is -3.71. The molecule has 7 nitrogen and oxygen atoms in total. The molecule has 1 aliphatic heterocycles. The highest BCUT2D eigenvalue weighted by molar-refractivity contribution is 9.10. The van der Waals surface area contributed by atoms with Crippen molar-refractivity contribution in [3.05, 3.63) is 79.9 Å². The second-order valence-electron chi connectivity index (χ2n) is 6.63. The van der Waals surface area contributed by atoms with E-state index < -0.39 is 16.3 Å². The van der Waals surface area contributed by atoms with E-state index >= 15 is 0 Å². The van der Waals surface area contributed by atoms with Gasteiger partial charge < -0.3 is 4.74 Å². The molecule has 11 heteroatoms. The average molecular weight is 542 g/mol. The summed E-state index contributed by atoms with van der Waals surface area (Å²) in [5, 5.41) is 6.90. The molecule has 0 spiro atoms. The van der Waals surface area contributed by atoms with Crippen molar-refractivity contribution in [3.8, 4) is 5.75 Å². The molecule has 0 fully saturated rings. The first-order valence-electron chi connectivity index (χ1n) is 9.10. The number of hydrazone groups is 1.